The third kappa shape index (κ3) is 4.81. The molecule has 0 bridgehead atoms. The normalized spacial score (nSPS) is 11.7. The van der Waals surface area contributed by atoms with Crippen LogP contribution in [0.3, 0.4) is 0 Å². The zero-order valence-electron chi connectivity index (χ0n) is 17.3. The summed E-state index contributed by atoms with van der Waals surface area (Å²) >= 11 is 0. The molecule has 3 aromatic carbocycles. The first-order chi connectivity index (χ1) is 14.6. The molecule has 0 aliphatic heterocycles. The van der Waals surface area contributed by atoms with Crippen LogP contribution in [0.2, 0.25) is 0 Å². The molecule has 4 rings (SSSR count). The number of hydrogen-bond donors (Lipinski definition) is 1. The Hall–Kier alpha value is -3.31. The molecular formula is C25H25FN4. The van der Waals surface area contributed by atoms with E-state index >= 15 is 0 Å². The maximum atomic E-state index is 13.1. The van der Waals surface area contributed by atoms with Gasteiger partial charge in [0.2, 0.25) is 0 Å². The van der Waals surface area contributed by atoms with Crippen LogP contribution >= 0.6 is 0 Å². The Morgan fingerprint density at radius 1 is 0.933 bits per heavy atom. The van der Waals surface area contributed by atoms with Gasteiger partial charge in [-0.15, -0.1) is 0 Å². The molecular weight excluding hydrogens is 375 g/mol. The fourth-order valence-electron chi connectivity index (χ4n) is 3.39. The second kappa shape index (κ2) is 9.01. The van der Waals surface area contributed by atoms with Gasteiger partial charge in [0.05, 0.1) is 5.52 Å². The Balaban J connectivity index is 1.70. The van der Waals surface area contributed by atoms with Gasteiger partial charge < -0.3 is 10.2 Å². The van der Waals surface area contributed by atoms with Gasteiger partial charge in [-0.25, -0.2) is 14.4 Å². The molecule has 0 saturated heterocycles. The quantitative estimate of drug-likeness (QED) is 0.331. The summed E-state index contributed by atoms with van der Waals surface area (Å²) in [6.45, 7) is 1.84. The summed E-state index contributed by atoms with van der Waals surface area (Å²) in [5, 5.41) is 6.82. The fourth-order valence-corrected chi connectivity index (χ4v) is 3.39. The number of aromatic nitrogens is 2. The van der Waals surface area contributed by atoms with Gasteiger partial charge in [0.15, 0.2) is 5.82 Å². The van der Waals surface area contributed by atoms with Crippen LogP contribution in [0.4, 0.5) is 10.2 Å². The van der Waals surface area contributed by atoms with E-state index in [4.69, 9.17) is 9.97 Å². The van der Waals surface area contributed by atoms with E-state index in [2.05, 4.69) is 48.6 Å². The Morgan fingerprint density at radius 2 is 1.67 bits per heavy atom. The van der Waals surface area contributed by atoms with Crippen molar-refractivity contribution in [2.45, 2.75) is 6.42 Å². The topological polar surface area (TPSA) is 41.0 Å². The molecule has 4 aromatic rings. The summed E-state index contributed by atoms with van der Waals surface area (Å²) < 4.78 is 13.1. The van der Waals surface area contributed by atoms with E-state index in [1.54, 1.807) is 12.1 Å². The van der Waals surface area contributed by atoms with Gasteiger partial charge in [-0.05, 0) is 73.7 Å². The number of benzene rings is 3. The third-order valence-corrected chi connectivity index (χ3v) is 4.95. The Morgan fingerprint density at radius 3 is 2.40 bits per heavy atom. The lowest BCUT2D eigenvalue weighted by Crippen LogP contribution is -2.17. The van der Waals surface area contributed by atoms with E-state index < -0.39 is 0 Å². The number of nitrogens with zero attached hydrogens (tertiary/aromatic N) is 3. The summed E-state index contributed by atoms with van der Waals surface area (Å²) in [4.78, 5) is 11.7. The van der Waals surface area contributed by atoms with Gasteiger partial charge >= 0.3 is 0 Å². The minimum atomic E-state index is -0.245. The molecule has 4 nitrogen and oxygen atoms in total. The van der Waals surface area contributed by atoms with Crippen molar-refractivity contribution in [3.63, 3.8) is 0 Å². The second-order valence-electron chi connectivity index (χ2n) is 7.62. The minimum Gasteiger partial charge on any atom is -0.369 e. The first-order valence-electron chi connectivity index (χ1n) is 10.1. The number of rotatable bonds is 7. The molecule has 0 aliphatic rings. The highest BCUT2D eigenvalue weighted by Gasteiger charge is 2.08. The average Bonchev–Trinajstić information content (AvgIpc) is 2.74. The van der Waals surface area contributed by atoms with Gasteiger partial charge in [0, 0.05) is 11.9 Å². The van der Waals surface area contributed by atoms with Crippen molar-refractivity contribution in [3.05, 3.63) is 77.9 Å². The van der Waals surface area contributed by atoms with E-state index in [0.717, 1.165) is 47.2 Å². The molecule has 152 valence electrons. The van der Waals surface area contributed by atoms with E-state index in [1.165, 1.54) is 17.5 Å². The molecule has 30 heavy (non-hydrogen) atoms. The van der Waals surface area contributed by atoms with Crippen LogP contribution in [0.5, 0.6) is 0 Å². The zero-order chi connectivity index (χ0) is 20.9. The summed E-state index contributed by atoms with van der Waals surface area (Å²) in [5.74, 6) is 1.21. The van der Waals surface area contributed by atoms with Gasteiger partial charge in [-0.2, -0.15) is 0 Å². The van der Waals surface area contributed by atoms with Crippen LogP contribution in [0.25, 0.3) is 33.8 Å². The van der Waals surface area contributed by atoms with Crippen LogP contribution < -0.4 is 5.32 Å². The van der Waals surface area contributed by atoms with Gasteiger partial charge in [0.25, 0.3) is 0 Å². The lowest BCUT2D eigenvalue weighted by molar-refractivity contribution is 0.405. The monoisotopic (exact) mass is 400 g/mol. The van der Waals surface area contributed by atoms with E-state index in [1.807, 2.05) is 24.3 Å². The maximum absolute atomic E-state index is 13.1. The van der Waals surface area contributed by atoms with Crippen molar-refractivity contribution in [3.8, 4) is 0 Å². The standard InChI is InChI=1S/C25H25FN4/c1-30(2)15-5-14-27-25-22-16-19-6-3-4-7-20(19)17-23(22)28-24(29-25)13-10-18-8-11-21(26)12-9-18/h3-4,6-13,16-17H,5,14-15H2,1-2H3,(H,27,28,29)/b13-10+. The summed E-state index contributed by atoms with van der Waals surface area (Å²) in [6, 6.07) is 18.9. The lowest BCUT2D eigenvalue weighted by atomic mass is 10.1. The molecule has 1 heterocycles. The minimum absolute atomic E-state index is 0.245. The molecule has 1 aromatic heterocycles. The Bertz CT molecular complexity index is 1180. The second-order valence-corrected chi connectivity index (χ2v) is 7.62. The lowest BCUT2D eigenvalue weighted by Gasteiger charge is -2.13. The first kappa shape index (κ1) is 20.0. The van der Waals surface area contributed by atoms with E-state index in [-0.39, 0.29) is 5.82 Å². The molecule has 0 aliphatic carbocycles. The molecule has 1 N–H and O–H groups in total. The van der Waals surface area contributed by atoms with Crippen LogP contribution in [0.1, 0.15) is 17.8 Å². The van der Waals surface area contributed by atoms with Crippen molar-refractivity contribution in [1.82, 2.24) is 14.9 Å². The highest BCUT2D eigenvalue weighted by atomic mass is 19.1. The van der Waals surface area contributed by atoms with Crippen molar-refractivity contribution >= 4 is 39.6 Å². The zero-order valence-corrected chi connectivity index (χ0v) is 17.3. The molecule has 0 fully saturated rings. The van der Waals surface area contributed by atoms with Gasteiger partial charge in [0.1, 0.15) is 11.6 Å². The van der Waals surface area contributed by atoms with Crippen LogP contribution in [-0.4, -0.2) is 42.1 Å². The van der Waals surface area contributed by atoms with Crippen molar-refractivity contribution < 1.29 is 4.39 Å². The molecule has 0 saturated carbocycles. The molecule has 0 spiro atoms. The average molecular weight is 401 g/mol. The SMILES string of the molecule is CN(C)CCCNc1nc(/C=C/c2ccc(F)cc2)nc2cc3ccccc3cc12. The highest BCUT2D eigenvalue weighted by Crippen LogP contribution is 2.27. The number of hydrogen-bond acceptors (Lipinski definition) is 4. The van der Waals surface area contributed by atoms with Crippen LogP contribution in [0.15, 0.2) is 60.7 Å². The molecule has 0 unspecified atom stereocenters. The van der Waals surface area contributed by atoms with Gasteiger partial charge in [-0.1, -0.05) is 42.5 Å². The van der Waals surface area contributed by atoms with Crippen LogP contribution in [0, 0.1) is 5.82 Å². The smallest absolute Gasteiger partial charge is 0.154 e. The summed E-state index contributed by atoms with van der Waals surface area (Å²) in [6.07, 6.45) is 4.79. The van der Waals surface area contributed by atoms with Crippen molar-refractivity contribution in [2.75, 3.05) is 32.5 Å². The van der Waals surface area contributed by atoms with Crippen molar-refractivity contribution in [2.24, 2.45) is 0 Å². The fraction of sp³-hybridized carbons (Fsp3) is 0.200. The maximum Gasteiger partial charge on any atom is 0.154 e. The summed E-state index contributed by atoms with van der Waals surface area (Å²) in [5.41, 5.74) is 1.80. The predicted molar refractivity (Wildman–Crippen MR) is 124 cm³/mol. The largest absolute Gasteiger partial charge is 0.369 e. The van der Waals surface area contributed by atoms with Gasteiger partial charge in [-0.3, -0.25) is 0 Å². The number of nitrogens with one attached hydrogen (secondary N) is 1. The molecule has 0 radical (unpaired) electrons. The Kier molecular flexibility index (Phi) is 6.00. The first-order valence-corrected chi connectivity index (χ1v) is 10.1. The number of fused-ring (bicyclic) bond motifs is 2. The van der Waals surface area contributed by atoms with Crippen LogP contribution in [-0.2, 0) is 0 Å². The third-order valence-electron chi connectivity index (χ3n) is 4.95. The number of halogens is 1. The Labute approximate surface area is 176 Å². The molecule has 0 atom stereocenters. The van der Waals surface area contributed by atoms with E-state index in [0.29, 0.717) is 5.82 Å². The van der Waals surface area contributed by atoms with E-state index in [9.17, 15) is 4.39 Å². The summed E-state index contributed by atoms with van der Waals surface area (Å²) in [7, 11) is 4.15. The predicted octanol–water partition coefficient (Wildman–Crippen LogP) is 5.46. The molecule has 0 amide bonds. The highest BCUT2D eigenvalue weighted by molar-refractivity contribution is 6.01. The van der Waals surface area contributed by atoms with Crippen molar-refractivity contribution in [1.29, 1.82) is 0 Å². The number of anilines is 1. The molecule has 5 heteroatoms.